The Morgan fingerprint density at radius 3 is 2.33 bits per heavy atom. The van der Waals surface area contributed by atoms with Gasteiger partial charge in [-0.3, -0.25) is 9.59 Å². The number of carbonyl (C=O) groups is 2. The molecule has 21 heavy (non-hydrogen) atoms. The van der Waals surface area contributed by atoms with Crippen molar-refractivity contribution in [2.24, 2.45) is 5.92 Å². The SMILES string of the molecule is COc1ncnc(OC)c1C(=O)N[C@@H]1CC[C@H](C(=O)O)C1. The highest BCUT2D eigenvalue weighted by molar-refractivity contribution is 5.98. The van der Waals surface area contributed by atoms with Crippen LogP contribution >= 0.6 is 0 Å². The molecule has 0 aromatic carbocycles. The number of carbonyl (C=O) groups excluding carboxylic acids is 1. The average molecular weight is 295 g/mol. The molecular formula is C13H17N3O5. The highest BCUT2D eigenvalue weighted by Crippen LogP contribution is 2.28. The molecule has 8 nitrogen and oxygen atoms in total. The standard InChI is InChI=1S/C13H17N3O5/c1-20-11-9(12(21-2)15-6-14-11)10(17)16-8-4-3-7(5-8)13(18)19/h6-8H,3-5H2,1-2H3,(H,16,17)(H,18,19)/t7-,8+/m0/s1. The zero-order valence-electron chi connectivity index (χ0n) is 11.8. The van der Waals surface area contributed by atoms with Crippen molar-refractivity contribution in [3.63, 3.8) is 0 Å². The lowest BCUT2D eigenvalue weighted by Gasteiger charge is -2.15. The van der Waals surface area contributed by atoms with Crippen molar-refractivity contribution in [1.82, 2.24) is 15.3 Å². The maximum atomic E-state index is 12.3. The monoisotopic (exact) mass is 295 g/mol. The van der Waals surface area contributed by atoms with Gasteiger partial charge in [0.15, 0.2) is 5.56 Å². The Morgan fingerprint density at radius 1 is 1.24 bits per heavy atom. The van der Waals surface area contributed by atoms with Gasteiger partial charge in [0.05, 0.1) is 20.1 Å². The van der Waals surface area contributed by atoms with E-state index in [4.69, 9.17) is 14.6 Å². The lowest BCUT2D eigenvalue weighted by Crippen LogP contribution is -2.34. The summed E-state index contributed by atoms with van der Waals surface area (Å²) in [6, 6.07) is -0.187. The number of aromatic nitrogens is 2. The van der Waals surface area contributed by atoms with Crippen molar-refractivity contribution >= 4 is 11.9 Å². The first-order valence-corrected chi connectivity index (χ1v) is 6.53. The maximum absolute atomic E-state index is 12.3. The van der Waals surface area contributed by atoms with Crippen LogP contribution in [0.5, 0.6) is 11.8 Å². The molecule has 0 spiro atoms. The van der Waals surface area contributed by atoms with E-state index in [0.717, 1.165) is 0 Å². The Bertz CT molecular complexity index is 526. The Hall–Kier alpha value is -2.38. The Labute approximate surface area is 121 Å². The van der Waals surface area contributed by atoms with E-state index in [1.807, 2.05) is 0 Å². The van der Waals surface area contributed by atoms with Crippen molar-refractivity contribution in [2.45, 2.75) is 25.3 Å². The summed E-state index contributed by atoms with van der Waals surface area (Å²) < 4.78 is 10.1. The molecule has 2 rings (SSSR count). The second-order valence-corrected chi connectivity index (χ2v) is 4.79. The number of methoxy groups -OCH3 is 2. The van der Waals surface area contributed by atoms with E-state index in [1.165, 1.54) is 20.5 Å². The van der Waals surface area contributed by atoms with Crippen LogP contribution < -0.4 is 14.8 Å². The van der Waals surface area contributed by atoms with Gasteiger partial charge >= 0.3 is 5.97 Å². The summed E-state index contributed by atoms with van der Waals surface area (Å²) in [6.45, 7) is 0. The van der Waals surface area contributed by atoms with Gasteiger partial charge in [0.1, 0.15) is 6.33 Å². The molecule has 1 aliphatic carbocycles. The minimum atomic E-state index is -0.829. The highest BCUT2D eigenvalue weighted by Gasteiger charge is 2.32. The van der Waals surface area contributed by atoms with Crippen LogP contribution in [0.4, 0.5) is 0 Å². The van der Waals surface area contributed by atoms with Crippen molar-refractivity contribution in [3.8, 4) is 11.8 Å². The van der Waals surface area contributed by atoms with E-state index >= 15 is 0 Å². The van der Waals surface area contributed by atoms with Gasteiger partial charge in [-0.15, -0.1) is 0 Å². The van der Waals surface area contributed by atoms with Gasteiger partial charge in [-0.2, -0.15) is 0 Å². The maximum Gasteiger partial charge on any atom is 0.306 e. The molecule has 2 atom stereocenters. The third-order valence-electron chi connectivity index (χ3n) is 3.51. The summed E-state index contributed by atoms with van der Waals surface area (Å²) in [6.07, 6.45) is 2.84. The van der Waals surface area contributed by atoms with E-state index < -0.39 is 17.8 Å². The molecule has 1 aromatic rings. The zero-order chi connectivity index (χ0) is 15.4. The lowest BCUT2D eigenvalue weighted by molar-refractivity contribution is -0.141. The van der Waals surface area contributed by atoms with E-state index in [-0.39, 0.29) is 23.4 Å². The van der Waals surface area contributed by atoms with Crippen molar-refractivity contribution in [3.05, 3.63) is 11.9 Å². The van der Waals surface area contributed by atoms with Crippen LogP contribution in [0.15, 0.2) is 6.33 Å². The number of nitrogens with one attached hydrogen (secondary N) is 1. The summed E-state index contributed by atoms with van der Waals surface area (Å²) >= 11 is 0. The number of carboxylic acids is 1. The van der Waals surface area contributed by atoms with E-state index in [9.17, 15) is 9.59 Å². The molecule has 0 unspecified atom stereocenters. The first kappa shape index (κ1) is 15.0. The highest BCUT2D eigenvalue weighted by atomic mass is 16.5. The number of carboxylic acid groups (broad SMARTS) is 1. The number of hydrogen-bond acceptors (Lipinski definition) is 6. The van der Waals surface area contributed by atoms with Gasteiger partial charge < -0.3 is 19.9 Å². The van der Waals surface area contributed by atoms with Crippen LogP contribution in [-0.2, 0) is 4.79 Å². The predicted octanol–water partition coefficient (Wildman–Crippen LogP) is 0.477. The van der Waals surface area contributed by atoms with Gasteiger partial charge in [-0.1, -0.05) is 0 Å². The van der Waals surface area contributed by atoms with Crippen molar-refractivity contribution in [1.29, 1.82) is 0 Å². The average Bonchev–Trinajstić information content (AvgIpc) is 2.94. The number of ether oxygens (including phenoxy) is 2. The topological polar surface area (TPSA) is 111 Å². The summed E-state index contributed by atoms with van der Waals surface area (Å²) in [4.78, 5) is 31.0. The molecule has 1 heterocycles. The number of aliphatic carboxylic acids is 1. The molecule has 0 saturated heterocycles. The van der Waals surface area contributed by atoms with E-state index in [0.29, 0.717) is 19.3 Å². The molecule has 0 aliphatic heterocycles. The number of amides is 1. The minimum Gasteiger partial charge on any atom is -0.481 e. The predicted molar refractivity (Wildman–Crippen MR) is 71.4 cm³/mol. The van der Waals surface area contributed by atoms with Crippen molar-refractivity contribution in [2.75, 3.05) is 14.2 Å². The Morgan fingerprint density at radius 2 is 1.86 bits per heavy atom. The molecule has 0 radical (unpaired) electrons. The fourth-order valence-electron chi connectivity index (χ4n) is 2.45. The first-order valence-electron chi connectivity index (χ1n) is 6.53. The largest absolute Gasteiger partial charge is 0.481 e. The van der Waals surface area contributed by atoms with E-state index in [1.54, 1.807) is 0 Å². The molecule has 1 aromatic heterocycles. The molecule has 8 heteroatoms. The van der Waals surface area contributed by atoms with Crippen LogP contribution in [0.25, 0.3) is 0 Å². The van der Waals surface area contributed by atoms with Crippen LogP contribution in [0.1, 0.15) is 29.6 Å². The molecule has 1 fully saturated rings. The van der Waals surface area contributed by atoms with Crippen LogP contribution in [0.3, 0.4) is 0 Å². The van der Waals surface area contributed by atoms with Gasteiger partial charge in [-0.25, -0.2) is 9.97 Å². The van der Waals surface area contributed by atoms with E-state index in [2.05, 4.69) is 15.3 Å². The number of hydrogen-bond donors (Lipinski definition) is 2. The summed E-state index contributed by atoms with van der Waals surface area (Å²) in [7, 11) is 2.79. The molecule has 2 N–H and O–H groups in total. The molecule has 1 amide bonds. The smallest absolute Gasteiger partial charge is 0.306 e. The van der Waals surface area contributed by atoms with Gasteiger partial charge in [0.25, 0.3) is 5.91 Å². The van der Waals surface area contributed by atoms with Gasteiger partial charge in [0.2, 0.25) is 11.8 Å². The van der Waals surface area contributed by atoms with Crippen LogP contribution in [0, 0.1) is 5.92 Å². The first-order chi connectivity index (χ1) is 10.1. The molecule has 0 bridgehead atoms. The fourth-order valence-corrected chi connectivity index (χ4v) is 2.45. The summed E-state index contributed by atoms with van der Waals surface area (Å²) in [5.41, 5.74) is 0.112. The van der Waals surface area contributed by atoms with Crippen LogP contribution in [-0.4, -0.2) is 47.2 Å². The third-order valence-corrected chi connectivity index (χ3v) is 3.51. The molecular weight excluding hydrogens is 278 g/mol. The second-order valence-electron chi connectivity index (χ2n) is 4.79. The van der Waals surface area contributed by atoms with Gasteiger partial charge in [-0.05, 0) is 19.3 Å². The van der Waals surface area contributed by atoms with Gasteiger partial charge in [0, 0.05) is 6.04 Å². The summed E-state index contributed by atoms with van der Waals surface area (Å²) in [5, 5.41) is 11.8. The Balaban J connectivity index is 2.12. The summed E-state index contributed by atoms with van der Waals surface area (Å²) in [5.74, 6) is -1.43. The third kappa shape index (κ3) is 3.21. The number of nitrogens with zero attached hydrogens (tertiary/aromatic N) is 2. The second kappa shape index (κ2) is 6.38. The molecule has 1 aliphatic rings. The quantitative estimate of drug-likeness (QED) is 0.812. The zero-order valence-corrected chi connectivity index (χ0v) is 11.8. The molecule has 1 saturated carbocycles. The van der Waals surface area contributed by atoms with Crippen molar-refractivity contribution < 1.29 is 24.2 Å². The fraction of sp³-hybridized carbons (Fsp3) is 0.538. The lowest BCUT2D eigenvalue weighted by atomic mass is 10.1. The number of rotatable bonds is 5. The normalized spacial score (nSPS) is 20.9. The molecule has 114 valence electrons. The Kier molecular flexibility index (Phi) is 4.56. The van der Waals surface area contributed by atoms with Crippen LogP contribution in [0.2, 0.25) is 0 Å². The minimum absolute atomic E-state index is 0.112.